The Balaban J connectivity index is 1.14. The predicted molar refractivity (Wildman–Crippen MR) is 128 cm³/mol. The van der Waals surface area contributed by atoms with Crippen LogP contribution in [0.15, 0.2) is 0 Å². The Hall–Kier alpha value is -0.810. The molecule has 5 fully saturated rings. The molecule has 7 unspecified atom stereocenters. The summed E-state index contributed by atoms with van der Waals surface area (Å²) in [5, 5.41) is 13.4. The molecule has 5 rings (SSSR count). The van der Waals surface area contributed by atoms with Gasteiger partial charge in [-0.2, -0.15) is 0 Å². The van der Waals surface area contributed by atoms with Crippen molar-refractivity contribution in [1.29, 1.82) is 0 Å². The summed E-state index contributed by atoms with van der Waals surface area (Å²) >= 11 is 0. The normalized spacial score (nSPS) is 43.9. The number of nitrogens with one attached hydrogen (secondary N) is 6. The quantitative estimate of drug-likeness (QED) is 0.327. The lowest BCUT2D eigenvalue weighted by Gasteiger charge is -2.42. The van der Waals surface area contributed by atoms with Crippen molar-refractivity contribution in [2.45, 2.75) is 88.2 Å². The fraction of sp³-hybridized carbons (Fsp3) is 0.958. The topological polar surface area (TPSA) is 102 Å². The van der Waals surface area contributed by atoms with Crippen molar-refractivity contribution in [3.8, 4) is 0 Å². The van der Waals surface area contributed by atoms with Crippen molar-refractivity contribution < 1.29 is 12.3 Å². The zero-order chi connectivity index (χ0) is 24.4. The van der Waals surface area contributed by atoms with E-state index in [1.165, 1.54) is 25.7 Å². The summed E-state index contributed by atoms with van der Waals surface area (Å²) in [7, 11) is 1.97. The Morgan fingerprint density at radius 3 is 2.91 bits per heavy atom. The first-order chi connectivity index (χ1) is 16.9. The number of ether oxygens (including phenoxy) is 1. The van der Waals surface area contributed by atoms with Gasteiger partial charge in [-0.25, -0.2) is 10.9 Å². The Labute approximate surface area is 201 Å². The average molecular weight is 466 g/mol. The first-order valence-corrected chi connectivity index (χ1v) is 13.3. The number of carbonyl (C=O) groups excluding carboxylic acids is 1. The molecule has 2 saturated carbocycles. The van der Waals surface area contributed by atoms with Gasteiger partial charge < -0.3 is 20.7 Å². The standard InChI is InChI=1S/C24H45N7O2/c1-31-22(29-30-23(31)20-9-10-25-15-27-20)12-26-18-7-4-6-16(11-18)24(32)28-21-14-33-13-17-5-2-3-8-19(17)21/h16-23,25-27,29-30H,2-15H2,1H3,(H,28,32)/t16?,17?,18?,19?,20?,21-,22?,23?/m1/s1/i12D2. The fourth-order valence-corrected chi connectivity index (χ4v) is 6.62. The van der Waals surface area contributed by atoms with Gasteiger partial charge in [-0.05, 0) is 64.0 Å². The Bertz CT molecular complexity index is 724. The van der Waals surface area contributed by atoms with Gasteiger partial charge >= 0.3 is 0 Å². The van der Waals surface area contributed by atoms with Crippen molar-refractivity contribution in [1.82, 2.24) is 37.0 Å². The van der Waals surface area contributed by atoms with Gasteiger partial charge in [-0.3, -0.25) is 15.0 Å². The highest BCUT2D eigenvalue weighted by molar-refractivity contribution is 5.79. The fourth-order valence-electron chi connectivity index (χ4n) is 6.62. The van der Waals surface area contributed by atoms with Gasteiger partial charge in [0.1, 0.15) is 0 Å². The van der Waals surface area contributed by atoms with E-state index in [0.29, 0.717) is 24.9 Å². The summed E-state index contributed by atoms with van der Waals surface area (Å²) in [4.78, 5) is 15.3. The smallest absolute Gasteiger partial charge is 0.223 e. The van der Waals surface area contributed by atoms with Crippen LogP contribution in [-0.2, 0) is 9.53 Å². The molecule has 8 atom stereocenters. The molecule has 0 spiro atoms. The molecule has 9 heteroatoms. The van der Waals surface area contributed by atoms with E-state index in [1.54, 1.807) is 0 Å². The van der Waals surface area contributed by atoms with Crippen LogP contribution in [0.3, 0.4) is 0 Å². The van der Waals surface area contributed by atoms with Gasteiger partial charge in [0.2, 0.25) is 5.91 Å². The van der Waals surface area contributed by atoms with E-state index in [4.69, 9.17) is 7.48 Å². The van der Waals surface area contributed by atoms with Crippen LogP contribution in [0.5, 0.6) is 0 Å². The van der Waals surface area contributed by atoms with Crippen LogP contribution in [0.4, 0.5) is 0 Å². The minimum Gasteiger partial charge on any atom is -0.379 e. The van der Waals surface area contributed by atoms with Crippen molar-refractivity contribution in [3.05, 3.63) is 0 Å². The van der Waals surface area contributed by atoms with Crippen LogP contribution in [0.1, 0.15) is 60.5 Å². The summed E-state index contributed by atoms with van der Waals surface area (Å²) < 4.78 is 23.5. The van der Waals surface area contributed by atoms with Crippen LogP contribution < -0.4 is 32.1 Å². The molecule has 0 aromatic rings. The number of carbonyl (C=O) groups is 1. The minimum absolute atomic E-state index is 0.0187. The zero-order valence-electron chi connectivity index (χ0n) is 22.1. The average Bonchev–Trinajstić information content (AvgIpc) is 3.27. The van der Waals surface area contributed by atoms with Crippen LogP contribution in [0, 0.1) is 17.8 Å². The second-order valence-corrected chi connectivity index (χ2v) is 10.8. The summed E-state index contributed by atoms with van der Waals surface area (Å²) in [5.74, 6) is 1.20. The Morgan fingerprint density at radius 1 is 1.12 bits per heavy atom. The maximum Gasteiger partial charge on any atom is 0.223 e. The van der Waals surface area contributed by atoms with Gasteiger partial charge in [-0.15, -0.1) is 0 Å². The molecule has 188 valence electrons. The maximum atomic E-state index is 13.2. The lowest BCUT2D eigenvalue weighted by Crippen LogP contribution is -2.58. The molecule has 0 bridgehead atoms. The molecule has 9 nitrogen and oxygen atoms in total. The van der Waals surface area contributed by atoms with Gasteiger partial charge in [0.25, 0.3) is 0 Å². The van der Waals surface area contributed by atoms with E-state index in [-0.39, 0.29) is 36.1 Å². The van der Waals surface area contributed by atoms with Crippen molar-refractivity contribution in [2.75, 3.05) is 40.0 Å². The van der Waals surface area contributed by atoms with E-state index in [2.05, 4.69) is 32.1 Å². The highest BCUT2D eigenvalue weighted by Crippen LogP contribution is 2.36. The van der Waals surface area contributed by atoms with Crippen molar-refractivity contribution in [3.63, 3.8) is 0 Å². The summed E-state index contributed by atoms with van der Waals surface area (Å²) in [6.45, 7) is 1.56. The van der Waals surface area contributed by atoms with Crippen LogP contribution in [0.25, 0.3) is 0 Å². The SMILES string of the molecule is [2H]C([2H])(NC1CCCC(C(=O)N[C@@H]2COCC3CCCCC32)C1)C1NNC(C2CCNCN2)N1C. The summed E-state index contributed by atoms with van der Waals surface area (Å²) in [6.07, 6.45) is 8.83. The first kappa shape index (κ1) is 21.5. The molecule has 6 N–H and O–H groups in total. The van der Waals surface area contributed by atoms with Crippen molar-refractivity contribution in [2.24, 2.45) is 17.8 Å². The minimum atomic E-state index is -1.64. The number of nitrogens with zero attached hydrogens (tertiary/aromatic N) is 1. The molecule has 5 aliphatic rings. The van der Waals surface area contributed by atoms with E-state index >= 15 is 0 Å². The third-order valence-electron chi connectivity index (χ3n) is 8.63. The highest BCUT2D eigenvalue weighted by atomic mass is 16.5. The van der Waals surface area contributed by atoms with E-state index < -0.39 is 12.7 Å². The third kappa shape index (κ3) is 5.72. The second kappa shape index (κ2) is 11.3. The molecule has 3 saturated heterocycles. The third-order valence-corrected chi connectivity index (χ3v) is 8.63. The van der Waals surface area contributed by atoms with Gasteiger partial charge in [0, 0.05) is 40.5 Å². The molecular formula is C24H45N7O2. The van der Waals surface area contributed by atoms with Gasteiger partial charge in [0.15, 0.2) is 0 Å². The lowest BCUT2D eigenvalue weighted by atomic mass is 9.74. The number of amides is 1. The number of rotatable bonds is 6. The first-order valence-electron chi connectivity index (χ1n) is 14.3. The van der Waals surface area contributed by atoms with E-state index in [9.17, 15) is 4.79 Å². The Morgan fingerprint density at radius 2 is 2.03 bits per heavy atom. The molecule has 2 aliphatic carbocycles. The molecule has 3 aliphatic heterocycles. The van der Waals surface area contributed by atoms with E-state index in [0.717, 1.165) is 45.5 Å². The van der Waals surface area contributed by atoms with Crippen LogP contribution in [0.2, 0.25) is 0 Å². The molecule has 0 aromatic carbocycles. The number of hydrazine groups is 1. The molecule has 3 heterocycles. The monoisotopic (exact) mass is 465 g/mol. The van der Waals surface area contributed by atoms with Crippen molar-refractivity contribution >= 4 is 5.91 Å². The molecule has 33 heavy (non-hydrogen) atoms. The Kier molecular flexibility index (Phi) is 7.34. The number of likely N-dealkylation sites (N-methyl/N-ethyl adjacent to an activating group) is 1. The summed E-state index contributed by atoms with van der Waals surface area (Å²) in [6, 6.07) is 0.361. The summed E-state index contributed by atoms with van der Waals surface area (Å²) in [5.41, 5.74) is 6.48. The molecular weight excluding hydrogens is 418 g/mol. The number of fused-ring (bicyclic) bond motifs is 1. The highest BCUT2D eigenvalue weighted by Gasteiger charge is 2.39. The molecule has 1 amide bonds. The second-order valence-electron chi connectivity index (χ2n) is 10.8. The predicted octanol–water partition coefficient (Wildman–Crippen LogP) is 0.0570. The molecule has 0 aromatic heterocycles. The maximum absolute atomic E-state index is 13.2. The molecule has 0 radical (unpaired) electrons. The van der Waals surface area contributed by atoms with Crippen LogP contribution in [-0.4, -0.2) is 81.2 Å². The number of hydrogen-bond donors (Lipinski definition) is 6. The van der Waals surface area contributed by atoms with Crippen LogP contribution >= 0.6 is 0 Å². The largest absolute Gasteiger partial charge is 0.379 e. The lowest BCUT2D eigenvalue weighted by molar-refractivity contribution is -0.130. The number of hydrogen-bond acceptors (Lipinski definition) is 8. The van der Waals surface area contributed by atoms with E-state index in [1.807, 2.05) is 11.9 Å². The zero-order valence-corrected chi connectivity index (χ0v) is 20.1. The van der Waals surface area contributed by atoms with Gasteiger partial charge in [-0.1, -0.05) is 19.3 Å². The van der Waals surface area contributed by atoms with Gasteiger partial charge in [0.05, 0.1) is 25.0 Å².